The monoisotopic (exact) mass is 441 g/mol. The van der Waals surface area contributed by atoms with E-state index in [1.54, 1.807) is 0 Å². The molecular weight excluding hydrogens is 414 g/mol. The van der Waals surface area contributed by atoms with Gasteiger partial charge in [-0.25, -0.2) is 0 Å². The number of nitrogens with one attached hydrogen (secondary N) is 1. The van der Waals surface area contributed by atoms with Gasteiger partial charge in [-0.05, 0) is 72.5 Å². The summed E-state index contributed by atoms with van der Waals surface area (Å²) in [6.07, 6.45) is 6.06. The fourth-order valence-electron chi connectivity index (χ4n) is 4.20. The van der Waals surface area contributed by atoms with E-state index in [4.69, 9.17) is 4.99 Å². The first-order valence-electron chi connectivity index (χ1n) is 11.6. The van der Waals surface area contributed by atoms with E-state index in [2.05, 4.69) is 89.2 Å². The molecule has 0 aliphatic heterocycles. The number of rotatable bonds is 7. The fraction of sp³-hybridized carbons (Fsp3) is 0.0645. The number of aliphatic imine (C=N–C) groups is 1. The molecule has 0 saturated heterocycles. The summed E-state index contributed by atoms with van der Waals surface area (Å²) in [4.78, 5) is 7.15. The molecule has 34 heavy (non-hydrogen) atoms. The molecule has 0 radical (unpaired) electrons. The van der Waals surface area contributed by atoms with Crippen LogP contribution in [-0.2, 0) is 0 Å². The van der Waals surface area contributed by atoms with Crippen LogP contribution in [0.1, 0.15) is 12.8 Å². The van der Waals surface area contributed by atoms with E-state index in [1.807, 2.05) is 54.7 Å². The average molecular weight is 442 g/mol. The van der Waals surface area contributed by atoms with Crippen LogP contribution in [0, 0.1) is 0 Å². The maximum absolute atomic E-state index is 4.80. The zero-order valence-electron chi connectivity index (χ0n) is 19.0. The lowest BCUT2D eigenvalue weighted by molar-refractivity contribution is 1.03. The summed E-state index contributed by atoms with van der Waals surface area (Å²) >= 11 is 0. The summed E-state index contributed by atoms with van der Waals surface area (Å²) in [6, 6.07) is 41.5. The number of para-hydroxylation sites is 4. The average Bonchev–Trinajstić information content (AvgIpc) is 3.31. The molecule has 1 aliphatic rings. The van der Waals surface area contributed by atoms with Crippen LogP contribution in [0.4, 0.5) is 22.7 Å². The fourth-order valence-corrected chi connectivity index (χ4v) is 4.20. The predicted octanol–water partition coefficient (Wildman–Crippen LogP) is 8.27. The van der Waals surface area contributed by atoms with Gasteiger partial charge in [-0.15, -0.1) is 0 Å². The lowest BCUT2D eigenvalue weighted by atomic mass is 10.1. The van der Waals surface area contributed by atoms with Crippen molar-refractivity contribution in [3.05, 3.63) is 144 Å². The molecule has 0 heterocycles. The molecule has 5 rings (SSSR count). The number of nitrogens with zero attached hydrogens (tertiary/aromatic N) is 2. The number of hydrogen-bond donors (Lipinski definition) is 1. The van der Waals surface area contributed by atoms with Crippen LogP contribution < -0.4 is 10.2 Å². The van der Waals surface area contributed by atoms with Crippen LogP contribution in [0.2, 0.25) is 0 Å². The van der Waals surface area contributed by atoms with Gasteiger partial charge in [0.1, 0.15) is 0 Å². The third-order valence-corrected chi connectivity index (χ3v) is 5.84. The number of anilines is 3. The van der Waals surface area contributed by atoms with E-state index >= 15 is 0 Å². The van der Waals surface area contributed by atoms with Crippen molar-refractivity contribution in [3.8, 4) is 0 Å². The zero-order valence-corrected chi connectivity index (χ0v) is 19.0. The summed E-state index contributed by atoms with van der Waals surface area (Å²) in [5.41, 5.74) is 7.94. The molecule has 4 aromatic carbocycles. The van der Waals surface area contributed by atoms with Gasteiger partial charge in [0.25, 0.3) is 0 Å². The standard InChI is InChI=1S/C31H27N3/c1-5-13-27(14-6-1)32-23-25-21-22-26(24-33-28-15-7-2-8-16-28)31(25)34(29-17-9-3-10-18-29)30-19-11-4-12-20-30/h1-20,23-24,32H,21-22H2/b25-23+,33-24+. The molecule has 1 aliphatic carbocycles. The molecule has 0 amide bonds. The van der Waals surface area contributed by atoms with E-state index in [0.717, 1.165) is 35.6 Å². The molecule has 0 fully saturated rings. The van der Waals surface area contributed by atoms with Crippen molar-refractivity contribution < 1.29 is 0 Å². The molecule has 0 saturated carbocycles. The van der Waals surface area contributed by atoms with Gasteiger partial charge in [0.05, 0.1) is 11.4 Å². The van der Waals surface area contributed by atoms with E-state index < -0.39 is 0 Å². The minimum Gasteiger partial charge on any atom is -0.361 e. The van der Waals surface area contributed by atoms with E-state index in [9.17, 15) is 0 Å². The topological polar surface area (TPSA) is 27.6 Å². The van der Waals surface area contributed by atoms with Gasteiger partial charge < -0.3 is 10.2 Å². The Labute approximate surface area is 201 Å². The Balaban J connectivity index is 1.62. The van der Waals surface area contributed by atoms with Crippen LogP contribution in [0.5, 0.6) is 0 Å². The van der Waals surface area contributed by atoms with Gasteiger partial charge in [-0.3, -0.25) is 4.99 Å². The highest BCUT2D eigenvalue weighted by atomic mass is 15.2. The van der Waals surface area contributed by atoms with Gasteiger partial charge in [-0.1, -0.05) is 72.8 Å². The van der Waals surface area contributed by atoms with E-state index in [-0.39, 0.29) is 0 Å². The minimum atomic E-state index is 0.935. The van der Waals surface area contributed by atoms with Crippen LogP contribution in [-0.4, -0.2) is 6.21 Å². The maximum Gasteiger partial charge on any atom is 0.0629 e. The SMILES string of the molecule is C(=N\c1ccccc1)/C1=C(N(c2ccccc2)c2ccccc2)C(=C/Nc2ccccc2)/CC1. The quantitative estimate of drug-likeness (QED) is 0.292. The normalized spacial score (nSPS) is 14.6. The molecule has 4 aromatic rings. The third-order valence-electron chi connectivity index (χ3n) is 5.84. The smallest absolute Gasteiger partial charge is 0.0629 e. The molecule has 3 nitrogen and oxygen atoms in total. The van der Waals surface area contributed by atoms with Crippen molar-refractivity contribution in [2.45, 2.75) is 12.8 Å². The van der Waals surface area contributed by atoms with Crippen LogP contribution >= 0.6 is 0 Å². The van der Waals surface area contributed by atoms with Gasteiger partial charge >= 0.3 is 0 Å². The van der Waals surface area contributed by atoms with Gasteiger partial charge in [-0.2, -0.15) is 0 Å². The summed E-state index contributed by atoms with van der Waals surface area (Å²) < 4.78 is 0. The highest BCUT2D eigenvalue weighted by Crippen LogP contribution is 2.40. The Morgan fingerprint density at radius 1 is 0.618 bits per heavy atom. The highest BCUT2D eigenvalue weighted by Gasteiger charge is 2.26. The summed E-state index contributed by atoms with van der Waals surface area (Å²) in [6.45, 7) is 0. The minimum absolute atomic E-state index is 0.935. The van der Waals surface area contributed by atoms with Gasteiger partial charge in [0, 0.05) is 29.5 Å². The van der Waals surface area contributed by atoms with E-state index in [0.29, 0.717) is 0 Å². The Morgan fingerprint density at radius 2 is 1.15 bits per heavy atom. The van der Waals surface area contributed by atoms with Crippen molar-refractivity contribution in [1.82, 2.24) is 0 Å². The maximum atomic E-state index is 4.80. The number of hydrogen-bond acceptors (Lipinski definition) is 3. The summed E-state index contributed by atoms with van der Waals surface area (Å²) in [5.74, 6) is 0. The molecule has 0 aromatic heterocycles. The largest absolute Gasteiger partial charge is 0.361 e. The zero-order chi connectivity index (χ0) is 23.0. The predicted molar refractivity (Wildman–Crippen MR) is 144 cm³/mol. The van der Waals surface area contributed by atoms with Gasteiger partial charge in [0.15, 0.2) is 0 Å². The number of benzene rings is 4. The second-order valence-electron chi connectivity index (χ2n) is 8.15. The molecule has 0 spiro atoms. The van der Waals surface area contributed by atoms with E-state index in [1.165, 1.54) is 16.8 Å². The molecule has 0 bridgehead atoms. The van der Waals surface area contributed by atoms with Crippen molar-refractivity contribution >= 4 is 29.0 Å². The van der Waals surface area contributed by atoms with Crippen molar-refractivity contribution in [2.75, 3.05) is 10.2 Å². The molecule has 166 valence electrons. The first-order chi connectivity index (χ1) is 16.9. The molecular formula is C31H27N3. The molecule has 1 N–H and O–H groups in total. The van der Waals surface area contributed by atoms with Crippen molar-refractivity contribution in [3.63, 3.8) is 0 Å². The van der Waals surface area contributed by atoms with Crippen molar-refractivity contribution in [1.29, 1.82) is 0 Å². The summed E-state index contributed by atoms with van der Waals surface area (Å²) in [5, 5.41) is 3.50. The second-order valence-corrected chi connectivity index (χ2v) is 8.15. The Hall–Kier alpha value is -4.37. The Kier molecular flexibility index (Phi) is 6.63. The third kappa shape index (κ3) is 5.00. The molecule has 3 heteroatoms. The van der Waals surface area contributed by atoms with Gasteiger partial charge in [0.2, 0.25) is 0 Å². The Morgan fingerprint density at radius 3 is 1.74 bits per heavy atom. The summed E-state index contributed by atoms with van der Waals surface area (Å²) in [7, 11) is 0. The molecule has 0 unspecified atom stereocenters. The van der Waals surface area contributed by atoms with Crippen LogP contribution in [0.15, 0.2) is 149 Å². The van der Waals surface area contributed by atoms with Crippen molar-refractivity contribution in [2.24, 2.45) is 4.99 Å². The molecule has 0 atom stereocenters. The highest BCUT2D eigenvalue weighted by molar-refractivity contribution is 5.88. The lowest BCUT2D eigenvalue weighted by Gasteiger charge is -2.28. The van der Waals surface area contributed by atoms with Crippen LogP contribution in [0.3, 0.4) is 0 Å². The second kappa shape index (κ2) is 10.5. The number of allylic oxidation sites excluding steroid dienone is 2. The Bertz CT molecular complexity index is 1250. The first kappa shape index (κ1) is 21.5. The lowest BCUT2D eigenvalue weighted by Crippen LogP contribution is -2.18. The van der Waals surface area contributed by atoms with Crippen LogP contribution in [0.25, 0.3) is 0 Å². The first-order valence-corrected chi connectivity index (χ1v) is 11.6.